The highest BCUT2D eigenvalue weighted by molar-refractivity contribution is 6.04. The maximum atomic E-state index is 13.4. The SMILES string of the molecule is CC1CC(=O)Nc2ccccc2N1C(=O)CN(Cc1ccco1)Cc1ccco1. The molecule has 3 aromatic rings. The molecule has 4 rings (SSSR count). The number of carbonyl (C=O) groups is 2. The van der Waals surface area contributed by atoms with Crippen LogP contribution >= 0.6 is 0 Å². The molecule has 7 heteroatoms. The second kappa shape index (κ2) is 8.36. The molecule has 1 N–H and O–H groups in total. The minimum Gasteiger partial charge on any atom is -0.468 e. The Balaban J connectivity index is 1.58. The van der Waals surface area contributed by atoms with Crippen LogP contribution in [0.5, 0.6) is 0 Å². The van der Waals surface area contributed by atoms with E-state index in [1.54, 1.807) is 17.4 Å². The minimum absolute atomic E-state index is 0.0837. The molecule has 1 aromatic carbocycles. The van der Waals surface area contributed by atoms with Gasteiger partial charge in [-0.3, -0.25) is 14.5 Å². The van der Waals surface area contributed by atoms with E-state index in [-0.39, 0.29) is 30.8 Å². The summed E-state index contributed by atoms with van der Waals surface area (Å²) in [6.45, 7) is 3.00. The molecule has 0 spiro atoms. The molecule has 0 aliphatic carbocycles. The molecule has 2 aromatic heterocycles. The van der Waals surface area contributed by atoms with Crippen LogP contribution in [0.1, 0.15) is 24.9 Å². The van der Waals surface area contributed by atoms with Gasteiger partial charge < -0.3 is 19.1 Å². The number of para-hydroxylation sites is 2. The van der Waals surface area contributed by atoms with E-state index in [9.17, 15) is 9.59 Å². The third-order valence-corrected chi connectivity index (χ3v) is 4.91. The predicted molar refractivity (Wildman–Crippen MR) is 108 cm³/mol. The summed E-state index contributed by atoms with van der Waals surface area (Å²) in [6, 6.07) is 14.6. The van der Waals surface area contributed by atoms with E-state index in [1.807, 2.05) is 60.4 Å². The predicted octanol–water partition coefficient (Wildman–Crippen LogP) is 3.64. The number of furan rings is 2. The zero-order chi connectivity index (χ0) is 20.2. The second-order valence-electron chi connectivity index (χ2n) is 7.19. The number of nitrogens with one attached hydrogen (secondary N) is 1. The lowest BCUT2D eigenvalue weighted by Gasteiger charge is -2.30. The summed E-state index contributed by atoms with van der Waals surface area (Å²) in [4.78, 5) is 29.2. The van der Waals surface area contributed by atoms with Gasteiger partial charge in [0.15, 0.2) is 0 Å². The number of nitrogens with zero attached hydrogens (tertiary/aromatic N) is 2. The van der Waals surface area contributed by atoms with Crippen LogP contribution in [0.25, 0.3) is 0 Å². The molecule has 3 heterocycles. The molecule has 1 unspecified atom stereocenters. The zero-order valence-corrected chi connectivity index (χ0v) is 16.2. The number of amides is 2. The van der Waals surface area contributed by atoms with Gasteiger partial charge >= 0.3 is 0 Å². The van der Waals surface area contributed by atoms with Crippen molar-refractivity contribution < 1.29 is 18.4 Å². The summed E-state index contributed by atoms with van der Waals surface area (Å²) in [5, 5.41) is 2.89. The number of anilines is 2. The van der Waals surface area contributed by atoms with Crippen molar-refractivity contribution in [2.24, 2.45) is 0 Å². The van der Waals surface area contributed by atoms with Crippen molar-refractivity contribution in [3.8, 4) is 0 Å². The average molecular weight is 393 g/mol. The Kier molecular flexibility index (Phi) is 5.48. The average Bonchev–Trinajstić information content (AvgIpc) is 3.35. The smallest absolute Gasteiger partial charge is 0.241 e. The summed E-state index contributed by atoms with van der Waals surface area (Å²) in [5.41, 5.74) is 1.37. The van der Waals surface area contributed by atoms with Crippen molar-refractivity contribution >= 4 is 23.2 Å². The van der Waals surface area contributed by atoms with Gasteiger partial charge in [0.2, 0.25) is 11.8 Å². The molecule has 2 amide bonds. The fraction of sp³-hybridized carbons (Fsp3) is 0.273. The third-order valence-electron chi connectivity index (χ3n) is 4.91. The summed E-state index contributed by atoms with van der Waals surface area (Å²) < 4.78 is 10.9. The Labute approximate surface area is 168 Å². The van der Waals surface area contributed by atoms with Crippen LogP contribution in [0, 0.1) is 0 Å². The molecular formula is C22H23N3O4. The molecule has 150 valence electrons. The number of hydrogen-bond donors (Lipinski definition) is 1. The first-order valence-corrected chi connectivity index (χ1v) is 9.58. The molecule has 1 aliphatic heterocycles. The van der Waals surface area contributed by atoms with E-state index in [4.69, 9.17) is 8.83 Å². The Morgan fingerprint density at radius 2 is 1.72 bits per heavy atom. The van der Waals surface area contributed by atoms with Crippen LogP contribution in [0.4, 0.5) is 11.4 Å². The first kappa shape index (κ1) is 19.0. The lowest BCUT2D eigenvalue weighted by Crippen LogP contribution is -2.44. The van der Waals surface area contributed by atoms with E-state index >= 15 is 0 Å². The van der Waals surface area contributed by atoms with Gasteiger partial charge in [0.25, 0.3) is 0 Å². The van der Waals surface area contributed by atoms with E-state index in [1.165, 1.54) is 0 Å². The van der Waals surface area contributed by atoms with Gasteiger partial charge in [-0.15, -0.1) is 0 Å². The third kappa shape index (κ3) is 4.41. The molecule has 0 radical (unpaired) electrons. The largest absolute Gasteiger partial charge is 0.468 e. The number of hydrogen-bond acceptors (Lipinski definition) is 5. The summed E-state index contributed by atoms with van der Waals surface area (Å²) in [7, 11) is 0. The highest BCUT2D eigenvalue weighted by Crippen LogP contribution is 2.31. The van der Waals surface area contributed by atoms with Crippen molar-refractivity contribution in [1.29, 1.82) is 0 Å². The molecule has 1 aliphatic rings. The number of carbonyl (C=O) groups excluding carboxylic acids is 2. The van der Waals surface area contributed by atoms with Crippen molar-refractivity contribution in [3.05, 3.63) is 72.6 Å². The topological polar surface area (TPSA) is 78.9 Å². The number of rotatable bonds is 6. The summed E-state index contributed by atoms with van der Waals surface area (Å²) >= 11 is 0. The minimum atomic E-state index is -0.250. The summed E-state index contributed by atoms with van der Waals surface area (Å²) in [6.07, 6.45) is 3.48. The van der Waals surface area contributed by atoms with Crippen molar-refractivity contribution in [2.75, 3.05) is 16.8 Å². The fourth-order valence-corrected chi connectivity index (χ4v) is 3.65. The van der Waals surface area contributed by atoms with Gasteiger partial charge in [0.05, 0.1) is 43.5 Å². The van der Waals surface area contributed by atoms with E-state index in [0.29, 0.717) is 24.5 Å². The maximum absolute atomic E-state index is 13.4. The van der Waals surface area contributed by atoms with Crippen molar-refractivity contribution in [1.82, 2.24) is 4.90 Å². The monoisotopic (exact) mass is 393 g/mol. The van der Waals surface area contributed by atoms with Gasteiger partial charge in [0, 0.05) is 12.5 Å². The van der Waals surface area contributed by atoms with Crippen LogP contribution in [-0.4, -0.2) is 29.3 Å². The highest BCUT2D eigenvalue weighted by atomic mass is 16.3. The molecule has 7 nitrogen and oxygen atoms in total. The van der Waals surface area contributed by atoms with Gasteiger partial charge in [-0.05, 0) is 43.3 Å². The second-order valence-corrected chi connectivity index (χ2v) is 7.19. The molecule has 0 saturated heterocycles. The Morgan fingerprint density at radius 3 is 2.34 bits per heavy atom. The van der Waals surface area contributed by atoms with Crippen molar-refractivity contribution in [3.63, 3.8) is 0 Å². The Bertz CT molecular complexity index is 930. The molecule has 0 saturated carbocycles. The lowest BCUT2D eigenvalue weighted by molar-refractivity contribution is -0.120. The standard InChI is InChI=1S/C22H23N3O4/c1-16-12-21(26)23-19-8-2-3-9-20(19)25(16)22(27)15-24(13-17-6-4-10-28-17)14-18-7-5-11-29-18/h2-11,16H,12-15H2,1H3,(H,23,26). The van der Waals surface area contributed by atoms with Gasteiger partial charge in [-0.2, -0.15) is 0 Å². The molecule has 29 heavy (non-hydrogen) atoms. The van der Waals surface area contributed by atoms with Crippen molar-refractivity contribution in [2.45, 2.75) is 32.5 Å². The van der Waals surface area contributed by atoms with Crippen LogP contribution in [0.3, 0.4) is 0 Å². The zero-order valence-electron chi connectivity index (χ0n) is 16.2. The Hall–Kier alpha value is -3.32. The van der Waals surface area contributed by atoms with Crippen LogP contribution in [-0.2, 0) is 22.7 Å². The summed E-state index contributed by atoms with van der Waals surface area (Å²) in [5.74, 6) is 1.36. The molecule has 1 atom stereocenters. The number of benzene rings is 1. The van der Waals surface area contributed by atoms with Gasteiger partial charge in [-0.1, -0.05) is 12.1 Å². The van der Waals surface area contributed by atoms with Gasteiger partial charge in [-0.25, -0.2) is 0 Å². The van der Waals surface area contributed by atoms with Crippen LogP contribution in [0.2, 0.25) is 0 Å². The molecule has 0 fully saturated rings. The Morgan fingerprint density at radius 1 is 1.07 bits per heavy atom. The highest BCUT2D eigenvalue weighted by Gasteiger charge is 2.30. The molecule has 0 bridgehead atoms. The molecular weight excluding hydrogens is 370 g/mol. The van der Waals surface area contributed by atoms with E-state index in [0.717, 1.165) is 11.5 Å². The lowest BCUT2D eigenvalue weighted by atomic mass is 10.1. The van der Waals surface area contributed by atoms with Crippen LogP contribution in [0.15, 0.2) is 69.9 Å². The first-order chi connectivity index (χ1) is 14.1. The van der Waals surface area contributed by atoms with E-state index in [2.05, 4.69) is 5.32 Å². The normalized spacial score (nSPS) is 16.4. The quantitative estimate of drug-likeness (QED) is 0.692. The first-order valence-electron chi connectivity index (χ1n) is 9.58. The maximum Gasteiger partial charge on any atom is 0.241 e. The van der Waals surface area contributed by atoms with E-state index < -0.39 is 0 Å². The number of fused-ring (bicyclic) bond motifs is 1. The fourth-order valence-electron chi connectivity index (χ4n) is 3.65. The van der Waals surface area contributed by atoms with Crippen LogP contribution < -0.4 is 10.2 Å². The van der Waals surface area contributed by atoms with Gasteiger partial charge in [0.1, 0.15) is 11.5 Å².